The first-order chi connectivity index (χ1) is 14.5. The summed E-state index contributed by atoms with van der Waals surface area (Å²) in [6.45, 7) is 2.67. The number of carbonyl (C=O) groups excluding carboxylic acids is 1. The predicted octanol–water partition coefficient (Wildman–Crippen LogP) is 3.26. The fourth-order valence-electron chi connectivity index (χ4n) is 2.70. The van der Waals surface area contributed by atoms with Gasteiger partial charge in [0, 0.05) is 6.20 Å². The number of nitrogens with zero attached hydrogens (tertiary/aromatic N) is 5. The molecule has 0 fully saturated rings. The summed E-state index contributed by atoms with van der Waals surface area (Å²) >= 11 is 0. The van der Waals surface area contributed by atoms with Gasteiger partial charge in [-0.05, 0) is 42.8 Å². The van der Waals surface area contributed by atoms with Crippen molar-refractivity contribution in [3.05, 3.63) is 89.8 Å². The zero-order chi connectivity index (χ0) is 20.9. The van der Waals surface area contributed by atoms with Crippen LogP contribution in [0.4, 0.5) is 10.3 Å². The Morgan fingerprint density at radius 2 is 1.80 bits per heavy atom. The molecule has 152 valence electrons. The van der Waals surface area contributed by atoms with E-state index in [1.165, 1.54) is 34.5 Å². The number of aryl methyl sites for hydroxylation is 1. The van der Waals surface area contributed by atoms with Crippen LogP contribution in [0, 0.1) is 12.7 Å². The molecule has 0 radical (unpaired) electrons. The molecule has 0 atom stereocenters. The number of aromatic nitrogens is 5. The molecule has 0 saturated heterocycles. The molecule has 0 spiro atoms. The van der Waals surface area contributed by atoms with E-state index in [0.29, 0.717) is 12.3 Å². The van der Waals surface area contributed by atoms with E-state index in [9.17, 15) is 9.18 Å². The van der Waals surface area contributed by atoms with Gasteiger partial charge in [0.1, 0.15) is 17.9 Å². The summed E-state index contributed by atoms with van der Waals surface area (Å²) in [5, 5.41) is 11.1. The second-order valence-corrected chi connectivity index (χ2v) is 6.67. The lowest BCUT2D eigenvalue weighted by atomic mass is 10.1. The van der Waals surface area contributed by atoms with Crippen LogP contribution in [-0.4, -0.2) is 30.5 Å². The number of anilines is 1. The largest absolute Gasteiger partial charge is 0.471 e. The van der Waals surface area contributed by atoms with Crippen LogP contribution in [-0.2, 0) is 13.3 Å². The number of halogens is 1. The van der Waals surface area contributed by atoms with Crippen LogP contribution < -0.4 is 10.1 Å². The molecule has 0 aliphatic carbocycles. The molecule has 4 rings (SSSR count). The first-order valence-electron chi connectivity index (χ1n) is 9.23. The third kappa shape index (κ3) is 4.88. The Hall–Kier alpha value is -4.01. The van der Waals surface area contributed by atoms with E-state index < -0.39 is 5.91 Å². The van der Waals surface area contributed by atoms with Crippen LogP contribution >= 0.6 is 0 Å². The van der Waals surface area contributed by atoms with Gasteiger partial charge in [-0.2, -0.15) is 5.10 Å². The Kier molecular flexibility index (Phi) is 5.51. The molecule has 0 aliphatic heterocycles. The zero-order valence-corrected chi connectivity index (χ0v) is 16.2. The normalized spacial score (nSPS) is 10.7. The molecule has 0 bridgehead atoms. The standard InChI is InChI=1S/C21H19FN6O2/c1-15-2-4-16(5-3-15)12-28-13-23-21(26-28)24-20(29)19-10-11-27(25-19)14-30-18-8-6-17(22)7-9-18/h2-11,13H,12,14H2,1H3,(H,24,26,29). The summed E-state index contributed by atoms with van der Waals surface area (Å²) in [5.74, 6) is -0.0654. The summed E-state index contributed by atoms with van der Waals surface area (Å²) in [5.41, 5.74) is 2.48. The number of hydrogen-bond acceptors (Lipinski definition) is 5. The number of ether oxygens (including phenoxy) is 1. The first kappa shape index (κ1) is 19.3. The monoisotopic (exact) mass is 406 g/mol. The Morgan fingerprint density at radius 1 is 1.03 bits per heavy atom. The van der Waals surface area contributed by atoms with E-state index >= 15 is 0 Å². The van der Waals surface area contributed by atoms with Gasteiger partial charge in [-0.15, -0.1) is 5.10 Å². The van der Waals surface area contributed by atoms with Crippen molar-refractivity contribution in [1.29, 1.82) is 0 Å². The topological polar surface area (TPSA) is 86.9 Å². The van der Waals surface area contributed by atoms with E-state index in [0.717, 1.165) is 5.56 Å². The van der Waals surface area contributed by atoms with Gasteiger partial charge < -0.3 is 4.74 Å². The van der Waals surface area contributed by atoms with E-state index in [1.807, 2.05) is 31.2 Å². The van der Waals surface area contributed by atoms with Gasteiger partial charge >= 0.3 is 0 Å². The smallest absolute Gasteiger partial charge is 0.278 e. The molecule has 1 amide bonds. The zero-order valence-electron chi connectivity index (χ0n) is 16.2. The van der Waals surface area contributed by atoms with Crippen molar-refractivity contribution in [2.45, 2.75) is 20.2 Å². The fraction of sp³-hybridized carbons (Fsp3) is 0.143. The average molecular weight is 406 g/mol. The van der Waals surface area contributed by atoms with Gasteiger partial charge in [-0.3, -0.25) is 10.1 Å². The molecule has 30 heavy (non-hydrogen) atoms. The number of amides is 1. The van der Waals surface area contributed by atoms with Crippen LogP contribution in [0.3, 0.4) is 0 Å². The summed E-state index contributed by atoms with van der Waals surface area (Å²) < 4.78 is 21.5. The number of nitrogens with one attached hydrogen (secondary N) is 1. The molecule has 0 unspecified atom stereocenters. The third-order valence-electron chi connectivity index (χ3n) is 4.28. The van der Waals surface area contributed by atoms with E-state index in [1.54, 1.807) is 23.3 Å². The van der Waals surface area contributed by atoms with Crippen molar-refractivity contribution in [3.63, 3.8) is 0 Å². The lowest BCUT2D eigenvalue weighted by Gasteiger charge is -2.05. The highest BCUT2D eigenvalue weighted by Gasteiger charge is 2.12. The molecular formula is C21H19FN6O2. The highest BCUT2D eigenvalue weighted by Crippen LogP contribution is 2.12. The van der Waals surface area contributed by atoms with Crippen LogP contribution in [0.2, 0.25) is 0 Å². The number of benzene rings is 2. The van der Waals surface area contributed by atoms with Crippen LogP contribution in [0.1, 0.15) is 21.6 Å². The van der Waals surface area contributed by atoms with Gasteiger partial charge in [-0.25, -0.2) is 18.7 Å². The maximum absolute atomic E-state index is 12.9. The van der Waals surface area contributed by atoms with Crippen LogP contribution in [0.15, 0.2) is 67.1 Å². The molecule has 9 heteroatoms. The molecule has 2 heterocycles. The Morgan fingerprint density at radius 3 is 2.57 bits per heavy atom. The number of carbonyl (C=O) groups is 1. The molecule has 0 aliphatic rings. The number of hydrogen-bond donors (Lipinski definition) is 1. The Labute approximate surface area is 171 Å². The van der Waals surface area contributed by atoms with Gasteiger partial charge in [0.2, 0.25) is 5.95 Å². The maximum atomic E-state index is 12.9. The van der Waals surface area contributed by atoms with E-state index in [4.69, 9.17) is 4.74 Å². The molecule has 8 nitrogen and oxygen atoms in total. The molecule has 0 saturated carbocycles. The quantitative estimate of drug-likeness (QED) is 0.509. The van der Waals surface area contributed by atoms with Crippen LogP contribution in [0.5, 0.6) is 5.75 Å². The Balaban J connectivity index is 1.32. The highest BCUT2D eigenvalue weighted by molar-refractivity contribution is 6.01. The lowest BCUT2D eigenvalue weighted by molar-refractivity contribution is 0.101. The van der Waals surface area contributed by atoms with Gasteiger partial charge in [0.25, 0.3) is 5.91 Å². The number of rotatable bonds is 7. The first-order valence-corrected chi connectivity index (χ1v) is 9.23. The molecular weight excluding hydrogens is 387 g/mol. The van der Waals surface area contributed by atoms with Gasteiger partial charge in [0.15, 0.2) is 12.4 Å². The molecule has 2 aromatic carbocycles. The van der Waals surface area contributed by atoms with Crippen LogP contribution in [0.25, 0.3) is 0 Å². The van der Waals surface area contributed by atoms with Crippen molar-refractivity contribution >= 4 is 11.9 Å². The van der Waals surface area contributed by atoms with Gasteiger partial charge in [-0.1, -0.05) is 29.8 Å². The fourth-order valence-corrected chi connectivity index (χ4v) is 2.70. The van der Waals surface area contributed by atoms with Crippen molar-refractivity contribution < 1.29 is 13.9 Å². The summed E-state index contributed by atoms with van der Waals surface area (Å²) in [6, 6.07) is 15.3. The summed E-state index contributed by atoms with van der Waals surface area (Å²) in [6.07, 6.45) is 3.17. The Bertz CT molecular complexity index is 1140. The minimum Gasteiger partial charge on any atom is -0.471 e. The second-order valence-electron chi connectivity index (χ2n) is 6.67. The average Bonchev–Trinajstić information content (AvgIpc) is 3.39. The summed E-state index contributed by atoms with van der Waals surface area (Å²) in [7, 11) is 0. The minimum absolute atomic E-state index is 0.0857. The van der Waals surface area contributed by atoms with Crippen molar-refractivity contribution in [3.8, 4) is 5.75 Å². The molecule has 4 aromatic rings. The summed E-state index contributed by atoms with van der Waals surface area (Å²) in [4.78, 5) is 16.5. The molecule has 1 N–H and O–H groups in total. The lowest BCUT2D eigenvalue weighted by Crippen LogP contribution is -2.15. The van der Waals surface area contributed by atoms with Gasteiger partial charge in [0.05, 0.1) is 6.54 Å². The van der Waals surface area contributed by atoms with Crippen molar-refractivity contribution in [2.24, 2.45) is 0 Å². The van der Waals surface area contributed by atoms with E-state index in [2.05, 4.69) is 20.5 Å². The SMILES string of the molecule is Cc1ccc(Cn2cnc(NC(=O)c3ccn(COc4ccc(F)cc4)n3)n2)cc1. The predicted molar refractivity (Wildman–Crippen MR) is 108 cm³/mol. The minimum atomic E-state index is -0.427. The highest BCUT2D eigenvalue weighted by atomic mass is 19.1. The van der Waals surface area contributed by atoms with Crippen molar-refractivity contribution in [1.82, 2.24) is 24.5 Å². The third-order valence-corrected chi connectivity index (χ3v) is 4.28. The van der Waals surface area contributed by atoms with E-state index in [-0.39, 0.29) is 24.2 Å². The molecule has 2 aromatic heterocycles. The second kappa shape index (κ2) is 8.56. The van der Waals surface area contributed by atoms with Crippen molar-refractivity contribution in [2.75, 3.05) is 5.32 Å². The maximum Gasteiger partial charge on any atom is 0.278 e.